The van der Waals surface area contributed by atoms with Crippen molar-refractivity contribution in [1.82, 2.24) is 14.8 Å². The van der Waals surface area contributed by atoms with Crippen LogP contribution >= 0.6 is 12.2 Å². The Morgan fingerprint density at radius 1 is 1.11 bits per heavy atom. The maximum atomic E-state index is 13.1. The van der Waals surface area contributed by atoms with Crippen molar-refractivity contribution in [3.05, 3.63) is 36.0 Å². The van der Waals surface area contributed by atoms with Crippen molar-refractivity contribution < 1.29 is 28.4 Å². The second kappa shape index (κ2) is 11.3. The molecule has 1 saturated heterocycles. The number of aromatic nitrogens is 1. The first-order valence-electron chi connectivity index (χ1n) is 15.7. The first-order chi connectivity index (χ1) is 20.3. The number of ether oxygens (including phenoxy) is 2. The summed E-state index contributed by atoms with van der Waals surface area (Å²) in [7, 11) is 1.47. The largest absolute Gasteiger partial charge is 0.478 e. The molecule has 44 heavy (non-hydrogen) atoms. The highest BCUT2D eigenvalue weighted by atomic mass is 32.1. The number of nitrogens with one attached hydrogen (secondary N) is 1. The predicted octanol–water partition coefficient (Wildman–Crippen LogP) is 6.39. The number of rotatable bonds is 6. The van der Waals surface area contributed by atoms with Crippen molar-refractivity contribution >= 4 is 47.4 Å². The highest BCUT2D eigenvalue weighted by molar-refractivity contribution is 7.80. The number of nitrogens with zero attached hydrogens (tertiary/aromatic N) is 2. The molecule has 2 bridgehead atoms. The maximum absolute atomic E-state index is 13.1. The van der Waals surface area contributed by atoms with Gasteiger partial charge in [0.1, 0.15) is 16.2 Å². The summed E-state index contributed by atoms with van der Waals surface area (Å²) in [6, 6.07) is 7.04. The van der Waals surface area contributed by atoms with E-state index >= 15 is 0 Å². The standard InChI is InChI=1S/C33H48BN3O6S/c1-30(2,3)40-28(38)35-23(15-20-18-37(29(39)41-31(4,5)6)24-14-12-11-13-22(20)24)27(44)36(10)19-34-42-26-17-21-16-25(32(21,7)8)33(26,9)43-34/h11-14,18,21,23,25-26H,15-17,19H2,1-10H3,(H,35,38)/t21?,23-,25?,26?,33-/m0/s1. The van der Waals surface area contributed by atoms with Gasteiger partial charge in [0.2, 0.25) is 0 Å². The van der Waals surface area contributed by atoms with Crippen LogP contribution in [0.3, 0.4) is 0 Å². The summed E-state index contributed by atoms with van der Waals surface area (Å²) >= 11 is 6.01. The van der Waals surface area contributed by atoms with Crippen LogP contribution in [0.25, 0.3) is 10.9 Å². The van der Waals surface area contributed by atoms with E-state index in [4.69, 9.17) is 31.0 Å². The molecule has 5 atom stereocenters. The minimum Gasteiger partial charge on any atom is -0.444 e. The van der Waals surface area contributed by atoms with E-state index in [0.29, 0.717) is 29.7 Å². The average molecular weight is 626 g/mol. The van der Waals surface area contributed by atoms with Gasteiger partial charge in [0.15, 0.2) is 0 Å². The number of benzene rings is 1. The molecule has 1 aromatic heterocycles. The summed E-state index contributed by atoms with van der Waals surface area (Å²) in [5, 5.41) is 3.88. The summed E-state index contributed by atoms with van der Waals surface area (Å²) in [5.74, 6) is 1.13. The number of carbonyl (C=O) groups excluding carboxylic acids is 2. The molecular formula is C33H48BN3O6S. The zero-order valence-corrected chi connectivity index (χ0v) is 28.7. The lowest BCUT2D eigenvalue weighted by molar-refractivity contribution is -0.199. The second-order valence-electron chi connectivity index (χ2n) is 15.5. The van der Waals surface area contributed by atoms with Crippen molar-refractivity contribution in [3.63, 3.8) is 0 Å². The van der Waals surface area contributed by atoms with Crippen LogP contribution in [0.1, 0.15) is 80.7 Å². The lowest BCUT2D eigenvalue weighted by Gasteiger charge is -2.64. The molecule has 0 radical (unpaired) electrons. The molecule has 11 heteroatoms. The second-order valence-corrected chi connectivity index (χ2v) is 16.0. The highest BCUT2D eigenvalue weighted by Crippen LogP contribution is 2.65. The van der Waals surface area contributed by atoms with Gasteiger partial charge in [-0.2, -0.15) is 0 Å². The fourth-order valence-electron chi connectivity index (χ4n) is 7.35. The zero-order chi connectivity index (χ0) is 32.4. The van der Waals surface area contributed by atoms with E-state index in [1.54, 1.807) is 6.20 Å². The molecule has 1 amide bonds. The summed E-state index contributed by atoms with van der Waals surface area (Å²) in [6.07, 6.45) is 3.76. The molecule has 1 aromatic carbocycles. The Labute approximate surface area is 267 Å². The zero-order valence-electron chi connectivity index (χ0n) is 27.9. The monoisotopic (exact) mass is 625 g/mol. The van der Waals surface area contributed by atoms with Gasteiger partial charge < -0.3 is 29.0 Å². The van der Waals surface area contributed by atoms with Crippen LogP contribution in [0.4, 0.5) is 9.59 Å². The van der Waals surface area contributed by atoms with E-state index in [0.717, 1.165) is 22.9 Å². The van der Waals surface area contributed by atoms with E-state index in [-0.39, 0.29) is 17.1 Å². The Bertz CT molecular complexity index is 1450. The molecule has 240 valence electrons. The molecule has 0 spiro atoms. The molecule has 1 N–H and O–H groups in total. The summed E-state index contributed by atoms with van der Waals surface area (Å²) in [6.45, 7) is 17.9. The van der Waals surface area contributed by atoms with Crippen LogP contribution in [0.5, 0.6) is 0 Å². The van der Waals surface area contributed by atoms with Crippen LogP contribution in [0, 0.1) is 17.3 Å². The van der Waals surface area contributed by atoms with Gasteiger partial charge in [-0.3, -0.25) is 4.57 Å². The summed E-state index contributed by atoms with van der Waals surface area (Å²) < 4.78 is 25.9. The number of thiocarbonyl (C=S) groups is 1. The Morgan fingerprint density at radius 3 is 2.41 bits per heavy atom. The lowest BCUT2D eigenvalue weighted by atomic mass is 9.43. The molecule has 2 aromatic rings. The Hall–Kier alpha value is -2.63. The Balaban J connectivity index is 1.37. The fraction of sp³-hybridized carbons (Fsp3) is 0.667. The van der Waals surface area contributed by atoms with Crippen LogP contribution in [-0.2, 0) is 25.2 Å². The van der Waals surface area contributed by atoms with Crippen LogP contribution in [0.2, 0.25) is 0 Å². The third kappa shape index (κ3) is 6.37. The molecule has 3 saturated carbocycles. The van der Waals surface area contributed by atoms with Crippen molar-refractivity contribution in [3.8, 4) is 0 Å². The number of alkyl carbamates (subject to hydrolysis) is 1. The van der Waals surface area contributed by atoms with Crippen molar-refractivity contribution in [1.29, 1.82) is 0 Å². The molecule has 1 aliphatic heterocycles. The van der Waals surface area contributed by atoms with E-state index in [2.05, 4.69) is 26.1 Å². The molecule has 2 heterocycles. The minimum atomic E-state index is -0.680. The smallest absolute Gasteiger partial charge is 0.444 e. The predicted molar refractivity (Wildman–Crippen MR) is 176 cm³/mol. The molecule has 4 aliphatic rings. The fourth-order valence-corrected chi connectivity index (χ4v) is 7.57. The first kappa shape index (κ1) is 32.8. The van der Waals surface area contributed by atoms with Gasteiger partial charge in [-0.25, -0.2) is 9.59 Å². The summed E-state index contributed by atoms with van der Waals surface area (Å²) in [4.78, 5) is 28.6. The number of fused-ring (bicyclic) bond motifs is 1. The first-order valence-corrected chi connectivity index (χ1v) is 16.1. The number of likely N-dealkylation sites (N-methyl/N-ethyl adjacent to an activating group) is 1. The van der Waals surface area contributed by atoms with E-state index in [1.165, 1.54) is 11.0 Å². The number of carbonyl (C=O) groups is 2. The lowest BCUT2D eigenvalue weighted by Crippen LogP contribution is -2.65. The topological polar surface area (TPSA) is 91.3 Å². The van der Waals surface area contributed by atoms with Gasteiger partial charge in [0.25, 0.3) is 0 Å². The van der Waals surface area contributed by atoms with Crippen LogP contribution in [-0.4, -0.2) is 76.2 Å². The highest BCUT2D eigenvalue weighted by Gasteiger charge is 2.67. The van der Waals surface area contributed by atoms with Crippen LogP contribution in [0.15, 0.2) is 30.5 Å². The van der Waals surface area contributed by atoms with E-state index < -0.39 is 36.5 Å². The van der Waals surface area contributed by atoms with Crippen molar-refractivity contribution in [2.75, 3.05) is 13.5 Å². The molecule has 6 rings (SSSR count). The molecule has 9 nitrogen and oxygen atoms in total. The van der Waals surface area contributed by atoms with Gasteiger partial charge in [0.05, 0.1) is 29.7 Å². The normalized spacial score (nSPS) is 26.4. The molecule has 4 fully saturated rings. The summed E-state index contributed by atoms with van der Waals surface area (Å²) in [5.41, 5.74) is 0.173. The van der Waals surface area contributed by atoms with E-state index in [1.807, 2.05) is 77.8 Å². The third-order valence-electron chi connectivity index (χ3n) is 9.60. The number of para-hydroxylation sites is 1. The third-order valence-corrected chi connectivity index (χ3v) is 10.2. The average Bonchev–Trinajstić information content (AvgIpc) is 3.42. The minimum absolute atomic E-state index is 0.0703. The molecule has 3 unspecified atom stereocenters. The van der Waals surface area contributed by atoms with E-state index in [9.17, 15) is 9.59 Å². The SMILES string of the molecule is CN(CB1OC2CC3CC(C3(C)C)[C@]2(C)O1)C(=S)[C@H](Cc1cn(C(=O)OC(C)(C)C)c2ccccc12)NC(=O)OC(C)(C)C. The Morgan fingerprint density at radius 2 is 1.77 bits per heavy atom. The number of hydrogen-bond acceptors (Lipinski definition) is 7. The van der Waals surface area contributed by atoms with Gasteiger partial charge in [-0.15, -0.1) is 0 Å². The Kier molecular flexibility index (Phi) is 8.43. The van der Waals surface area contributed by atoms with Gasteiger partial charge >= 0.3 is 19.3 Å². The molecular weight excluding hydrogens is 577 g/mol. The quantitative estimate of drug-likeness (QED) is 0.292. The van der Waals surface area contributed by atoms with Crippen LogP contribution < -0.4 is 5.32 Å². The van der Waals surface area contributed by atoms with Gasteiger partial charge in [-0.1, -0.05) is 44.3 Å². The molecule has 3 aliphatic carbocycles. The number of hydrogen-bond donors (Lipinski definition) is 1. The van der Waals surface area contributed by atoms with Crippen molar-refractivity contribution in [2.45, 2.75) is 111 Å². The maximum Gasteiger partial charge on any atom is 0.478 e. The van der Waals surface area contributed by atoms with Crippen molar-refractivity contribution in [2.24, 2.45) is 17.3 Å². The number of amides is 1. The van der Waals surface area contributed by atoms with Gasteiger partial charge in [-0.05, 0) is 90.2 Å². The van der Waals surface area contributed by atoms with Gasteiger partial charge in [0, 0.05) is 25.1 Å².